The maximum absolute atomic E-state index is 6.08. The van der Waals surface area contributed by atoms with Crippen LogP contribution in [0.15, 0.2) is 61.6 Å². The molecule has 3 N–H and O–H groups in total. The van der Waals surface area contributed by atoms with Gasteiger partial charge in [-0.2, -0.15) is 0 Å². The molecule has 112 valence electrons. The molecule has 0 radical (unpaired) electrons. The molecule has 23 heavy (non-hydrogen) atoms. The molecule has 0 aliphatic carbocycles. The number of nitrogen functional groups attached to an aromatic ring is 1. The summed E-state index contributed by atoms with van der Waals surface area (Å²) in [5.41, 5.74) is 10.7. The number of anilines is 2. The monoisotopic (exact) mass is 302 g/mol. The number of imidazole rings is 1. The van der Waals surface area contributed by atoms with Crippen LogP contribution in [0.4, 0.5) is 11.5 Å². The second kappa shape index (κ2) is 5.10. The average molecular weight is 302 g/mol. The van der Waals surface area contributed by atoms with Crippen molar-refractivity contribution in [3.8, 4) is 0 Å². The van der Waals surface area contributed by atoms with Crippen LogP contribution in [-0.4, -0.2) is 19.4 Å². The van der Waals surface area contributed by atoms with Gasteiger partial charge in [-0.1, -0.05) is 18.7 Å². The van der Waals surface area contributed by atoms with Crippen molar-refractivity contribution < 1.29 is 0 Å². The number of nitrogens with zero attached hydrogens (tertiary/aromatic N) is 4. The number of aromatic nitrogens is 4. The fourth-order valence-corrected chi connectivity index (χ4v) is 2.51. The van der Waals surface area contributed by atoms with Gasteiger partial charge >= 0.3 is 0 Å². The minimum Gasteiger partial charge on any atom is -0.381 e. The van der Waals surface area contributed by atoms with Crippen LogP contribution in [-0.2, 0) is 0 Å². The highest BCUT2D eigenvalue weighted by atomic mass is 15.1. The topological polar surface area (TPSA) is 81.1 Å². The van der Waals surface area contributed by atoms with Crippen LogP contribution in [0, 0.1) is 0 Å². The van der Waals surface area contributed by atoms with Gasteiger partial charge in [-0.3, -0.25) is 9.38 Å². The molecule has 3 heterocycles. The van der Waals surface area contributed by atoms with Crippen LogP contribution in [0.25, 0.3) is 22.4 Å². The molecule has 0 saturated heterocycles. The first-order chi connectivity index (χ1) is 11.2. The molecule has 4 rings (SSSR count). The van der Waals surface area contributed by atoms with Gasteiger partial charge in [0.25, 0.3) is 0 Å². The Balaban J connectivity index is 1.81. The molecule has 6 heteroatoms. The van der Waals surface area contributed by atoms with Crippen LogP contribution in [0.2, 0.25) is 0 Å². The Morgan fingerprint density at radius 1 is 1.13 bits per heavy atom. The third-order valence-electron chi connectivity index (χ3n) is 3.58. The third kappa shape index (κ3) is 2.26. The lowest BCUT2D eigenvalue weighted by Crippen LogP contribution is -2.05. The molecule has 0 bridgehead atoms. The Hall–Kier alpha value is -3.41. The molecule has 0 spiro atoms. The second-order valence-corrected chi connectivity index (χ2v) is 5.15. The van der Waals surface area contributed by atoms with E-state index < -0.39 is 0 Å². The van der Waals surface area contributed by atoms with Crippen molar-refractivity contribution in [2.45, 2.75) is 0 Å². The van der Waals surface area contributed by atoms with E-state index in [1.165, 1.54) is 0 Å². The summed E-state index contributed by atoms with van der Waals surface area (Å²) in [7, 11) is 0. The standard InChI is InChI=1S/C17H14N6/c1-11(20-12-5-4-8-19-9-12)14-10-23-15-7-3-2-6-13(15)22-17(23)16(18)21-14/h2-10,20H,1H2,(H2,18,21). The highest BCUT2D eigenvalue weighted by Gasteiger charge is 2.11. The summed E-state index contributed by atoms with van der Waals surface area (Å²) in [4.78, 5) is 13.0. The molecule has 0 atom stereocenters. The fraction of sp³-hybridized carbons (Fsp3) is 0. The van der Waals surface area contributed by atoms with Crippen LogP contribution < -0.4 is 11.1 Å². The van der Waals surface area contributed by atoms with E-state index in [4.69, 9.17) is 5.73 Å². The zero-order valence-corrected chi connectivity index (χ0v) is 12.3. The first kappa shape index (κ1) is 13.3. The average Bonchev–Trinajstić information content (AvgIpc) is 2.95. The number of nitrogens with two attached hydrogens (primary N) is 1. The summed E-state index contributed by atoms with van der Waals surface area (Å²) in [5.74, 6) is 0.368. The van der Waals surface area contributed by atoms with Gasteiger partial charge in [0, 0.05) is 12.4 Å². The summed E-state index contributed by atoms with van der Waals surface area (Å²) < 4.78 is 1.93. The van der Waals surface area contributed by atoms with E-state index in [1.807, 2.05) is 47.0 Å². The van der Waals surface area contributed by atoms with E-state index in [9.17, 15) is 0 Å². The maximum atomic E-state index is 6.08. The number of benzene rings is 1. The zero-order valence-electron chi connectivity index (χ0n) is 12.3. The predicted octanol–water partition coefficient (Wildman–Crippen LogP) is 2.94. The SMILES string of the molecule is C=C(Nc1cccnc1)c1cn2c(nc3ccccc32)c(N)n1. The van der Waals surface area contributed by atoms with Crippen molar-refractivity contribution in [3.05, 3.63) is 67.3 Å². The number of nitrogens with one attached hydrogen (secondary N) is 1. The van der Waals surface area contributed by atoms with Crippen molar-refractivity contribution in [1.82, 2.24) is 19.4 Å². The molecule has 0 saturated carbocycles. The Morgan fingerprint density at radius 2 is 2.00 bits per heavy atom. The summed E-state index contributed by atoms with van der Waals surface area (Å²) in [6, 6.07) is 11.6. The molecular formula is C17H14N6. The highest BCUT2D eigenvalue weighted by molar-refractivity contribution is 5.84. The van der Waals surface area contributed by atoms with Gasteiger partial charge in [-0.25, -0.2) is 9.97 Å². The maximum Gasteiger partial charge on any atom is 0.180 e. The lowest BCUT2D eigenvalue weighted by atomic mass is 10.3. The number of hydrogen-bond donors (Lipinski definition) is 2. The lowest BCUT2D eigenvalue weighted by molar-refractivity contribution is 1.13. The number of hydrogen-bond acceptors (Lipinski definition) is 5. The van der Waals surface area contributed by atoms with Gasteiger partial charge in [0.05, 0.1) is 28.6 Å². The molecule has 0 aliphatic rings. The quantitative estimate of drug-likeness (QED) is 0.608. The molecular weight excluding hydrogens is 288 g/mol. The van der Waals surface area contributed by atoms with Crippen LogP contribution in [0.5, 0.6) is 0 Å². The predicted molar refractivity (Wildman–Crippen MR) is 91.8 cm³/mol. The van der Waals surface area contributed by atoms with E-state index in [1.54, 1.807) is 12.4 Å². The normalized spacial score (nSPS) is 11.0. The van der Waals surface area contributed by atoms with E-state index in [2.05, 4.69) is 26.8 Å². The number of fused-ring (bicyclic) bond motifs is 3. The van der Waals surface area contributed by atoms with Gasteiger partial charge in [-0.05, 0) is 24.3 Å². The van der Waals surface area contributed by atoms with E-state index >= 15 is 0 Å². The fourth-order valence-electron chi connectivity index (χ4n) is 2.51. The number of rotatable bonds is 3. The van der Waals surface area contributed by atoms with Crippen molar-refractivity contribution in [3.63, 3.8) is 0 Å². The van der Waals surface area contributed by atoms with Gasteiger partial charge in [0.1, 0.15) is 5.69 Å². The van der Waals surface area contributed by atoms with E-state index in [0.717, 1.165) is 16.7 Å². The Morgan fingerprint density at radius 3 is 2.83 bits per heavy atom. The largest absolute Gasteiger partial charge is 0.381 e. The molecule has 4 aromatic rings. The minimum absolute atomic E-state index is 0.368. The molecule has 6 nitrogen and oxygen atoms in total. The van der Waals surface area contributed by atoms with Gasteiger partial charge in [0.15, 0.2) is 11.5 Å². The highest BCUT2D eigenvalue weighted by Crippen LogP contribution is 2.22. The molecule has 1 aromatic carbocycles. The molecule has 0 fully saturated rings. The summed E-state index contributed by atoms with van der Waals surface area (Å²) in [5, 5.41) is 3.18. The van der Waals surface area contributed by atoms with Crippen molar-refractivity contribution in [2.75, 3.05) is 11.1 Å². The lowest BCUT2D eigenvalue weighted by Gasteiger charge is -2.10. The summed E-state index contributed by atoms with van der Waals surface area (Å²) in [6.07, 6.45) is 5.32. The molecule has 0 unspecified atom stereocenters. The van der Waals surface area contributed by atoms with Crippen LogP contribution in [0.3, 0.4) is 0 Å². The van der Waals surface area contributed by atoms with Gasteiger partial charge in [-0.15, -0.1) is 0 Å². The molecule has 3 aromatic heterocycles. The Labute approximate surface area is 132 Å². The Bertz CT molecular complexity index is 1020. The van der Waals surface area contributed by atoms with Crippen molar-refractivity contribution in [2.24, 2.45) is 0 Å². The molecule has 0 amide bonds. The van der Waals surface area contributed by atoms with Crippen LogP contribution in [0.1, 0.15) is 5.69 Å². The zero-order chi connectivity index (χ0) is 15.8. The second-order valence-electron chi connectivity index (χ2n) is 5.15. The number of pyridine rings is 1. The van der Waals surface area contributed by atoms with E-state index in [-0.39, 0.29) is 0 Å². The molecule has 0 aliphatic heterocycles. The first-order valence-electron chi connectivity index (χ1n) is 7.12. The van der Waals surface area contributed by atoms with Crippen molar-refractivity contribution >= 4 is 33.9 Å². The van der Waals surface area contributed by atoms with E-state index in [0.29, 0.717) is 22.9 Å². The van der Waals surface area contributed by atoms with Crippen LogP contribution >= 0.6 is 0 Å². The first-order valence-corrected chi connectivity index (χ1v) is 7.12. The smallest absolute Gasteiger partial charge is 0.180 e. The van der Waals surface area contributed by atoms with Crippen molar-refractivity contribution in [1.29, 1.82) is 0 Å². The Kier molecular flexibility index (Phi) is 2.94. The summed E-state index contributed by atoms with van der Waals surface area (Å²) in [6.45, 7) is 4.04. The van der Waals surface area contributed by atoms with Gasteiger partial charge in [0.2, 0.25) is 0 Å². The number of para-hydroxylation sites is 2. The van der Waals surface area contributed by atoms with Gasteiger partial charge < -0.3 is 11.1 Å². The third-order valence-corrected chi connectivity index (χ3v) is 3.58. The minimum atomic E-state index is 0.368. The summed E-state index contributed by atoms with van der Waals surface area (Å²) >= 11 is 0.